The number of nitrogens with zero attached hydrogens (tertiary/aromatic N) is 1. The first kappa shape index (κ1) is 14.5. The molecule has 0 spiro atoms. The van der Waals surface area contributed by atoms with E-state index in [-0.39, 0.29) is 0 Å². The van der Waals surface area contributed by atoms with Crippen molar-refractivity contribution in [3.05, 3.63) is 0 Å². The molecule has 0 atom stereocenters. The Morgan fingerprint density at radius 2 is 2.12 bits per heavy atom. The summed E-state index contributed by atoms with van der Waals surface area (Å²) in [4.78, 5) is 14.1. The Kier molecular flexibility index (Phi) is 6.56. The lowest BCUT2D eigenvalue weighted by Gasteiger charge is -2.22. The Hall–Kier alpha value is -0.570. The molecule has 1 fully saturated rings. The summed E-state index contributed by atoms with van der Waals surface area (Å²) in [5.41, 5.74) is 0. The van der Waals surface area contributed by atoms with Gasteiger partial charge in [0.25, 0.3) is 0 Å². The Morgan fingerprint density at radius 3 is 2.65 bits per heavy atom. The molecule has 1 N–H and O–H groups in total. The van der Waals surface area contributed by atoms with Crippen molar-refractivity contribution >= 4 is 5.91 Å². The fourth-order valence-corrected chi connectivity index (χ4v) is 1.99. The maximum Gasteiger partial charge on any atom is 0.222 e. The van der Waals surface area contributed by atoms with Gasteiger partial charge in [-0.1, -0.05) is 20.8 Å². The molecule has 0 aromatic rings. The fourth-order valence-electron chi connectivity index (χ4n) is 1.99. The van der Waals surface area contributed by atoms with Gasteiger partial charge in [-0.3, -0.25) is 4.79 Å². The van der Waals surface area contributed by atoms with E-state index in [1.54, 1.807) is 0 Å². The lowest BCUT2D eigenvalue weighted by molar-refractivity contribution is -0.131. The van der Waals surface area contributed by atoms with E-state index >= 15 is 0 Å². The van der Waals surface area contributed by atoms with Gasteiger partial charge in [0.1, 0.15) is 0 Å². The van der Waals surface area contributed by atoms with Crippen molar-refractivity contribution in [2.24, 2.45) is 5.92 Å². The summed E-state index contributed by atoms with van der Waals surface area (Å²) in [6, 6.07) is 0.517. The van der Waals surface area contributed by atoms with Crippen molar-refractivity contribution in [3.8, 4) is 0 Å². The molecule has 1 amide bonds. The summed E-state index contributed by atoms with van der Waals surface area (Å²) < 4.78 is 0. The van der Waals surface area contributed by atoms with Crippen molar-refractivity contribution in [2.45, 2.75) is 58.9 Å². The Labute approximate surface area is 106 Å². The van der Waals surface area contributed by atoms with E-state index in [4.69, 9.17) is 0 Å². The molecule has 1 saturated carbocycles. The number of carbonyl (C=O) groups excluding carboxylic acids is 1. The van der Waals surface area contributed by atoms with Gasteiger partial charge >= 0.3 is 0 Å². The predicted molar refractivity (Wildman–Crippen MR) is 72.0 cm³/mol. The average Bonchev–Trinajstić information content (AvgIpc) is 3.07. The smallest absolute Gasteiger partial charge is 0.222 e. The molecule has 1 aliphatic carbocycles. The van der Waals surface area contributed by atoms with Crippen molar-refractivity contribution in [3.63, 3.8) is 0 Å². The minimum Gasteiger partial charge on any atom is -0.342 e. The van der Waals surface area contributed by atoms with E-state index in [1.807, 2.05) is 0 Å². The Balaban J connectivity index is 2.16. The number of nitrogens with one attached hydrogen (secondary N) is 1. The van der Waals surface area contributed by atoms with Crippen LogP contribution in [-0.2, 0) is 4.79 Å². The third-order valence-electron chi connectivity index (χ3n) is 3.14. The van der Waals surface area contributed by atoms with Crippen LogP contribution in [0.5, 0.6) is 0 Å². The van der Waals surface area contributed by atoms with Gasteiger partial charge in [0.05, 0.1) is 0 Å². The Bertz CT molecular complexity index is 224. The molecule has 1 rings (SSSR count). The van der Waals surface area contributed by atoms with Gasteiger partial charge in [0.15, 0.2) is 0 Å². The van der Waals surface area contributed by atoms with Gasteiger partial charge in [0, 0.05) is 25.6 Å². The molecule has 0 aromatic carbocycles. The first-order valence-corrected chi connectivity index (χ1v) is 7.14. The van der Waals surface area contributed by atoms with E-state index in [0.717, 1.165) is 38.4 Å². The molecule has 0 bridgehead atoms. The molecule has 0 saturated heterocycles. The largest absolute Gasteiger partial charge is 0.342 e. The molecule has 0 aromatic heterocycles. The van der Waals surface area contributed by atoms with Gasteiger partial charge in [-0.15, -0.1) is 0 Å². The quantitative estimate of drug-likeness (QED) is 0.628. The standard InChI is InChI=1S/C14H28N2O/c1-4-10-16(11-13-7-8-13)14(17)6-5-9-15-12(2)3/h12-13,15H,4-11H2,1-3H3. The number of rotatable bonds is 9. The summed E-state index contributed by atoms with van der Waals surface area (Å²) in [6.07, 6.45) is 5.38. The zero-order chi connectivity index (χ0) is 12.7. The summed E-state index contributed by atoms with van der Waals surface area (Å²) in [7, 11) is 0. The highest BCUT2D eigenvalue weighted by atomic mass is 16.2. The molecular weight excluding hydrogens is 212 g/mol. The normalized spacial score (nSPS) is 15.3. The zero-order valence-corrected chi connectivity index (χ0v) is 11.7. The van der Waals surface area contributed by atoms with E-state index < -0.39 is 0 Å². The highest BCUT2D eigenvalue weighted by molar-refractivity contribution is 5.76. The third kappa shape index (κ3) is 6.67. The van der Waals surface area contributed by atoms with Crippen LogP contribution < -0.4 is 5.32 Å². The molecule has 0 aliphatic heterocycles. The molecule has 3 heteroatoms. The topological polar surface area (TPSA) is 32.3 Å². The average molecular weight is 240 g/mol. The molecular formula is C14H28N2O. The molecule has 100 valence electrons. The molecule has 17 heavy (non-hydrogen) atoms. The third-order valence-corrected chi connectivity index (χ3v) is 3.14. The summed E-state index contributed by atoms with van der Waals surface area (Å²) in [5.74, 6) is 1.16. The van der Waals surface area contributed by atoms with Gasteiger partial charge in [-0.05, 0) is 38.1 Å². The van der Waals surface area contributed by atoms with Crippen LogP contribution in [0.25, 0.3) is 0 Å². The lowest BCUT2D eigenvalue weighted by atomic mass is 10.2. The van der Waals surface area contributed by atoms with Crippen molar-refractivity contribution in [1.82, 2.24) is 10.2 Å². The molecule has 3 nitrogen and oxygen atoms in total. The van der Waals surface area contributed by atoms with Crippen molar-refractivity contribution < 1.29 is 4.79 Å². The second kappa shape index (κ2) is 7.70. The van der Waals surface area contributed by atoms with Gasteiger partial charge < -0.3 is 10.2 Å². The highest BCUT2D eigenvalue weighted by Gasteiger charge is 2.25. The number of hydrogen-bond acceptors (Lipinski definition) is 2. The number of hydrogen-bond donors (Lipinski definition) is 1. The maximum atomic E-state index is 12.0. The lowest BCUT2D eigenvalue weighted by Crippen LogP contribution is -2.34. The summed E-state index contributed by atoms with van der Waals surface area (Å²) in [5, 5.41) is 3.35. The van der Waals surface area contributed by atoms with Gasteiger partial charge in [0.2, 0.25) is 5.91 Å². The molecule has 0 radical (unpaired) electrons. The Morgan fingerprint density at radius 1 is 1.41 bits per heavy atom. The van der Waals surface area contributed by atoms with Crippen LogP contribution in [0.4, 0.5) is 0 Å². The highest BCUT2D eigenvalue weighted by Crippen LogP contribution is 2.29. The second-order valence-electron chi connectivity index (χ2n) is 5.50. The van der Waals surface area contributed by atoms with Crippen LogP contribution in [0.2, 0.25) is 0 Å². The zero-order valence-electron chi connectivity index (χ0n) is 11.7. The van der Waals surface area contributed by atoms with E-state index in [2.05, 4.69) is 31.0 Å². The van der Waals surface area contributed by atoms with E-state index in [1.165, 1.54) is 12.8 Å². The number of carbonyl (C=O) groups is 1. The molecule has 0 unspecified atom stereocenters. The maximum absolute atomic E-state index is 12.0. The van der Waals surface area contributed by atoms with Crippen molar-refractivity contribution in [2.75, 3.05) is 19.6 Å². The SMILES string of the molecule is CCCN(CC1CC1)C(=O)CCCNC(C)C. The summed E-state index contributed by atoms with van der Waals surface area (Å²) >= 11 is 0. The molecule has 1 aliphatic rings. The van der Waals surface area contributed by atoms with Crippen molar-refractivity contribution in [1.29, 1.82) is 0 Å². The monoisotopic (exact) mass is 240 g/mol. The van der Waals surface area contributed by atoms with Gasteiger partial charge in [-0.2, -0.15) is 0 Å². The van der Waals surface area contributed by atoms with Gasteiger partial charge in [-0.25, -0.2) is 0 Å². The van der Waals surface area contributed by atoms with Crippen LogP contribution in [0.1, 0.15) is 52.9 Å². The second-order valence-corrected chi connectivity index (χ2v) is 5.50. The predicted octanol–water partition coefficient (Wildman–Crippen LogP) is 2.41. The first-order chi connectivity index (χ1) is 8.13. The van der Waals surface area contributed by atoms with Crippen LogP contribution in [0, 0.1) is 5.92 Å². The van der Waals surface area contributed by atoms with Crippen LogP contribution >= 0.6 is 0 Å². The van der Waals surface area contributed by atoms with E-state index in [0.29, 0.717) is 18.4 Å². The van der Waals surface area contributed by atoms with Crippen LogP contribution in [0.15, 0.2) is 0 Å². The summed E-state index contributed by atoms with van der Waals surface area (Å²) in [6.45, 7) is 9.31. The first-order valence-electron chi connectivity index (χ1n) is 7.14. The minimum atomic E-state index is 0.351. The number of amides is 1. The molecule has 0 heterocycles. The van der Waals surface area contributed by atoms with Crippen LogP contribution in [-0.4, -0.2) is 36.5 Å². The minimum absolute atomic E-state index is 0.351. The van der Waals surface area contributed by atoms with E-state index in [9.17, 15) is 4.79 Å². The van der Waals surface area contributed by atoms with Crippen LogP contribution in [0.3, 0.4) is 0 Å². The fraction of sp³-hybridized carbons (Fsp3) is 0.929.